The molecule has 0 aliphatic carbocycles. The van der Waals surface area contributed by atoms with Crippen LogP contribution in [-0.4, -0.2) is 22.2 Å². The van der Waals surface area contributed by atoms with E-state index < -0.39 is 0 Å². The average Bonchev–Trinajstić information content (AvgIpc) is 3.36. The maximum Gasteiger partial charge on any atom is 0.195 e. The van der Waals surface area contributed by atoms with Gasteiger partial charge in [-0.05, 0) is 36.6 Å². The summed E-state index contributed by atoms with van der Waals surface area (Å²) in [7, 11) is 0. The number of aromatic nitrogens is 2. The van der Waals surface area contributed by atoms with Gasteiger partial charge >= 0.3 is 0 Å². The Morgan fingerprint density at radius 2 is 1.96 bits per heavy atom. The van der Waals surface area contributed by atoms with Crippen LogP contribution in [0, 0.1) is 6.92 Å². The Morgan fingerprint density at radius 3 is 2.77 bits per heavy atom. The van der Waals surface area contributed by atoms with Crippen molar-refractivity contribution in [1.29, 1.82) is 0 Å². The lowest BCUT2D eigenvalue weighted by Crippen LogP contribution is -1.94. The van der Waals surface area contributed by atoms with Crippen molar-refractivity contribution in [2.45, 2.75) is 13.3 Å². The number of aldehydes is 1. The topological polar surface area (TPSA) is 46.4 Å². The molecule has 0 atom stereocenters. The zero-order chi connectivity index (χ0) is 17.7. The first-order chi connectivity index (χ1) is 12.7. The van der Waals surface area contributed by atoms with Crippen LogP contribution in [0.2, 0.25) is 0 Å². The first-order valence-electron chi connectivity index (χ1n) is 8.64. The number of imidazole rings is 1. The smallest absolute Gasteiger partial charge is 0.195 e. The summed E-state index contributed by atoms with van der Waals surface area (Å²) >= 11 is 1.57. The molecule has 5 heteroatoms. The first kappa shape index (κ1) is 15.3. The first-order valence-corrected chi connectivity index (χ1v) is 9.52. The minimum absolute atomic E-state index is 0.610. The molecule has 1 aliphatic rings. The fourth-order valence-electron chi connectivity index (χ4n) is 3.58. The molecule has 1 aliphatic heterocycles. The molecule has 3 heterocycles. The van der Waals surface area contributed by atoms with Gasteiger partial charge in [-0.1, -0.05) is 35.9 Å². The van der Waals surface area contributed by atoms with Crippen LogP contribution in [0.25, 0.3) is 27.5 Å². The Hall–Kier alpha value is -2.92. The summed E-state index contributed by atoms with van der Waals surface area (Å²) in [6.45, 7) is 3.04. The van der Waals surface area contributed by atoms with Gasteiger partial charge < -0.3 is 5.32 Å². The second-order valence-electron chi connectivity index (χ2n) is 6.62. The normalized spacial score (nSPS) is 13.0. The monoisotopic (exact) mass is 359 g/mol. The van der Waals surface area contributed by atoms with Gasteiger partial charge in [0.05, 0.1) is 5.69 Å². The van der Waals surface area contributed by atoms with Crippen LogP contribution < -0.4 is 5.32 Å². The molecule has 0 bridgehead atoms. The minimum Gasteiger partial charge on any atom is -0.384 e. The average molecular weight is 359 g/mol. The predicted molar refractivity (Wildman–Crippen MR) is 106 cm³/mol. The Morgan fingerprint density at radius 1 is 1.15 bits per heavy atom. The summed E-state index contributed by atoms with van der Waals surface area (Å²) in [5.74, 6) is 0. The van der Waals surface area contributed by atoms with E-state index in [4.69, 9.17) is 4.98 Å². The van der Waals surface area contributed by atoms with Gasteiger partial charge in [0, 0.05) is 23.2 Å². The highest BCUT2D eigenvalue weighted by molar-refractivity contribution is 7.15. The third-order valence-electron chi connectivity index (χ3n) is 4.95. The fraction of sp³-hybridized carbons (Fsp3) is 0.143. The van der Waals surface area contributed by atoms with Gasteiger partial charge in [0.25, 0.3) is 0 Å². The van der Waals surface area contributed by atoms with Crippen molar-refractivity contribution < 1.29 is 4.79 Å². The molecule has 2 aromatic carbocycles. The van der Waals surface area contributed by atoms with Crippen LogP contribution >= 0.6 is 11.3 Å². The largest absolute Gasteiger partial charge is 0.384 e. The molecule has 0 unspecified atom stereocenters. The lowest BCUT2D eigenvalue weighted by molar-refractivity contribution is 0.111. The van der Waals surface area contributed by atoms with E-state index in [-0.39, 0.29) is 0 Å². The number of rotatable bonds is 3. The van der Waals surface area contributed by atoms with Crippen LogP contribution in [0.5, 0.6) is 0 Å². The molecular weight excluding hydrogens is 342 g/mol. The second-order valence-corrected chi connectivity index (χ2v) is 7.45. The van der Waals surface area contributed by atoms with Gasteiger partial charge in [-0.15, -0.1) is 11.3 Å². The highest BCUT2D eigenvalue weighted by Crippen LogP contribution is 2.34. The molecule has 26 heavy (non-hydrogen) atoms. The number of nitrogens with one attached hydrogen (secondary N) is 1. The van der Waals surface area contributed by atoms with E-state index in [1.807, 2.05) is 28.7 Å². The van der Waals surface area contributed by atoms with Gasteiger partial charge in [0.2, 0.25) is 0 Å². The molecule has 0 amide bonds. The number of hydrogen-bond acceptors (Lipinski definition) is 4. The quantitative estimate of drug-likeness (QED) is 0.534. The number of thiazole rings is 1. The van der Waals surface area contributed by atoms with Crippen LogP contribution in [0.4, 0.5) is 5.69 Å². The molecule has 0 saturated carbocycles. The van der Waals surface area contributed by atoms with E-state index in [0.29, 0.717) is 5.69 Å². The van der Waals surface area contributed by atoms with Crippen LogP contribution in [0.1, 0.15) is 21.6 Å². The summed E-state index contributed by atoms with van der Waals surface area (Å²) in [5, 5.41) is 5.47. The molecule has 0 radical (unpaired) electrons. The number of carbonyl (C=O) groups is 1. The molecular formula is C21H17N3OS. The van der Waals surface area contributed by atoms with Crippen molar-refractivity contribution in [2.24, 2.45) is 0 Å². The third-order valence-corrected chi connectivity index (χ3v) is 5.77. The maximum atomic E-state index is 11.9. The number of nitrogens with zero attached hydrogens (tertiary/aromatic N) is 2. The second kappa shape index (κ2) is 5.81. The van der Waals surface area contributed by atoms with Crippen molar-refractivity contribution in [3.8, 4) is 22.5 Å². The van der Waals surface area contributed by atoms with Crippen molar-refractivity contribution >= 4 is 28.3 Å². The highest BCUT2D eigenvalue weighted by Gasteiger charge is 2.19. The van der Waals surface area contributed by atoms with Gasteiger partial charge in [0.15, 0.2) is 11.2 Å². The van der Waals surface area contributed by atoms with Crippen LogP contribution in [-0.2, 0) is 6.42 Å². The van der Waals surface area contributed by atoms with E-state index >= 15 is 0 Å². The summed E-state index contributed by atoms with van der Waals surface area (Å²) in [5.41, 5.74) is 8.19. The van der Waals surface area contributed by atoms with Gasteiger partial charge in [0.1, 0.15) is 11.4 Å². The summed E-state index contributed by atoms with van der Waals surface area (Å²) in [6, 6.07) is 14.6. The molecule has 5 rings (SSSR count). The summed E-state index contributed by atoms with van der Waals surface area (Å²) in [4.78, 5) is 17.5. The molecule has 0 fully saturated rings. The van der Waals surface area contributed by atoms with Crippen molar-refractivity contribution in [3.05, 3.63) is 64.7 Å². The predicted octanol–water partition coefficient (Wildman–Crippen LogP) is 4.82. The Bertz CT molecular complexity index is 1140. The maximum absolute atomic E-state index is 11.9. The zero-order valence-corrected chi connectivity index (χ0v) is 15.1. The van der Waals surface area contributed by atoms with E-state index in [0.717, 1.165) is 46.7 Å². The van der Waals surface area contributed by atoms with Gasteiger partial charge in [-0.3, -0.25) is 9.20 Å². The lowest BCUT2D eigenvalue weighted by Gasteiger charge is -2.06. The van der Waals surface area contributed by atoms with E-state index in [1.54, 1.807) is 11.3 Å². The van der Waals surface area contributed by atoms with E-state index in [2.05, 4.69) is 35.8 Å². The standard InChI is InChI=1S/C21H17N3OS/c1-13-2-4-14(5-3-13)20-18(11-25)24-19(12-26-21(24)23-20)16-6-7-17-15(10-16)8-9-22-17/h2-7,10-12,22H,8-9H2,1H3. The molecule has 0 saturated heterocycles. The molecule has 0 spiro atoms. The van der Waals surface area contributed by atoms with Crippen LogP contribution in [0.15, 0.2) is 47.8 Å². The Balaban J connectivity index is 1.70. The van der Waals surface area contributed by atoms with Crippen molar-refractivity contribution in [2.75, 3.05) is 11.9 Å². The van der Waals surface area contributed by atoms with Gasteiger partial charge in [-0.2, -0.15) is 0 Å². The summed E-state index contributed by atoms with van der Waals surface area (Å²) in [6.07, 6.45) is 1.95. The SMILES string of the molecule is Cc1ccc(-c2nc3scc(-c4ccc5c(c4)CCN5)n3c2C=O)cc1. The van der Waals surface area contributed by atoms with E-state index in [1.165, 1.54) is 16.8 Å². The van der Waals surface area contributed by atoms with Crippen LogP contribution in [0.3, 0.4) is 0 Å². The van der Waals surface area contributed by atoms with Gasteiger partial charge in [-0.25, -0.2) is 4.98 Å². The number of fused-ring (bicyclic) bond motifs is 2. The number of anilines is 1. The summed E-state index contributed by atoms with van der Waals surface area (Å²) < 4.78 is 1.98. The fourth-order valence-corrected chi connectivity index (χ4v) is 4.48. The molecule has 4 aromatic rings. The Labute approximate surface area is 155 Å². The van der Waals surface area contributed by atoms with E-state index in [9.17, 15) is 4.79 Å². The number of carbonyl (C=O) groups excluding carboxylic acids is 1. The number of benzene rings is 2. The highest BCUT2D eigenvalue weighted by atomic mass is 32.1. The number of aryl methyl sites for hydroxylation is 1. The molecule has 1 N–H and O–H groups in total. The molecule has 2 aromatic heterocycles. The molecule has 4 nitrogen and oxygen atoms in total. The van der Waals surface area contributed by atoms with Crippen molar-refractivity contribution in [3.63, 3.8) is 0 Å². The zero-order valence-electron chi connectivity index (χ0n) is 14.3. The number of hydrogen-bond donors (Lipinski definition) is 1. The van der Waals surface area contributed by atoms with Crippen molar-refractivity contribution in [1.82, 2.24) is 9.38 Å². The lowest BCUT2D eigenvalue weighted by atomic mass is 10.1. The third kappa shape index (κ3) is 2.28. The molecule has 128 valence electrons. The minimum atomic E-state index is 0.610. The Kier molecular flexibility index (Phi) is 3.43.